The maximum atomic E-state index is 12.9. The smallest absolute Gasteiger partial charge is 0.230 e. The van der Waals surface area contributed by atoms with Crippen molar-refractivity contribution in [3.63, 3.8) is 0 Å². The number of carbonyl (C=O) groups is 2. The lowest BCUT2D eigenvalue weighted by atomic mass is 9.87. The van der Waals surface area contributed by atoms with Crippen molar-refractivity contribution >= 4 is 29.0 Å². The second kappa shape index (κ2) is 7.04. The van der Waals surface area contributed by atoms with Crippen LogP contribution in [0.15, 0.2) is 18.2 Å². The Morgan fingerprint density at radius 2 is 1.91 bits per heavy atom. The third-order valence-electron chi connectivity index (χ3n) is 5.06. The molecule has 0 saturated heterocycles. The van der Waals surface area contributed by atoms with Crippen molar-refractivity contribution in [2.75, 3.05) is 11.4 Å². The number of carbonyl (C=O) groups excluding carboxylic acids is 2. The van der Waals surface area contributed by atoms with Gasteiger partial charge in [0.1, 0.15) is 0 Å². The Morgan fingerprint density at radius 1 is 1.17 bits per heavy atom. The quantitative estimate of drug-likeness (QED) is 0.609. The summed E-state index contributed by atoms with van der Waals surface area (Å²) < 4.78 is 0. The molecule has 1 aromatic carbocycles. The number of anilines is 1. The molecule has 23 heavy (non-hydrogen) atoms. The molecule has 1 heterocycles. The van der Waals surface area contributed by atoms with Crippen LogP contribution in [0.25, 0.3) is 0 Å². The molecule has 124 valence electrons. The molecule has 0 radical (unpaired) electrons. The second-order valence-electron chi connectivity index (χ2n) is 6.75. The molecule has 1 unspecified atom stereocenters. The zero-order valence-corrected chi connectivity index (χ0v) is 14.4. The number of rotatable bonds is 3. The summed E-state index contributed by atoms with van der Waals surface area (Å²) in [6.07, 6.45) is 7.50. The van der Waals surface area contributed by atoms with Gasteiger partial charge in [-0.2, -0.15) is 0 Å². The standard InChI is InChI=1S/C19H24ClNO2/c1-13(20)18(22)16-9-10-17-15(12-16)8-5-11-21(17)19(23)14-6-3-2-4-7-14/h9-10,12-14H,2-8,11H2,1H3. The summed E-state index contributed by atoms with van der Waals surface area (Å²) in [5.74, 6) is 0.402. The average molecular weight is 334 g/mol. The fraction of sp³-hybridized carbons (Fsp3) is 0.579. The van der Waals surface area contributed by atoms with E-state index in [0.717, 1.165) is 56.3 Å². The molecule has 0 aromatic heterocycles. The molecule has 1 amide bonds. The van der Waals surface area contributed by atoms with Crippen LogP contribution in [-0.4, -0.2) is 23.6 Å². The van der Waals surface area contributed by atoms with E-state index in [2.05, 4.69) is 0 Å². The lowest BCUT2D eigenvalue weighted by Gasteiger charge is -2.33. The first kappa shape index (κ1) is 16.5. The molecule has 1 fully saturated rings. The SMILES string of the molecule is CC(Cl)C(=O)c1ccc2c(c1)CCCN2C(=O)C1CCCCC1. The van der Waals surface area contributed by atoms with Crippen molar-refractivity contribution in [3.05, 3.63) is 29.3 Å². The van der Waals surface area contributed by atoms with Crippen LogP contribution in [0.4, 0.5) is 5.69 Å². The van der Waals surface area contributed by atoms with Gasteiger partial charge in [-0.25, -0.2) is 0 Å². The Morgan fingerprint density at radius 3 is 2.61 bits per heavy atom. The van der Waals surface area contributed by atoms with Gasteiger partial charge in [0, 0.05) is 23.7 Å². The minimum absolute atomic E-state index is 0.0507. The number of aryl methyl sites for hydroxylation is 1. The highest BCUT2D eigenvalue weighted by molar-refractivity contribution is 6.33. The maximum absolute atomic E-state index is 12.9. The molecule has 1 aliphatic carbocycles. The molecular formula is C19H24ClNO2. The number of hydrogen-bond acceptors (Lipinski definition) is 2. The van der Waals surface area contributed by atoms with E-state index in [1.807, 2.05) is 23.1 Å². The van der Waals surface area contributed by atoms with Gasteiger partial charge in [0.2, 0.25) is 5.91 Å². The predicted molar refractivity (Wildman–Crippen MR) is 93.3 cm³/mol. The normalized spacial score (nSPS) is 20.0. The van der Waals surface area contributed by atoms with Crippen molar-refractivity contribution in [2.45, 2.75) is 57.2 Å². The Bertz CT molecular complexity index is 605. The van der Waals surface area contributed by atoms with Crippen LogP contribution in [-0.2, 0) is 11.2 Å². The maximum Gasteiger partial charge on any atom is 0.230 e. The van der Waals surface area contributed by atoms with E-state index in [1.165, 1.54) is 6.42 Å². The van der Waals surface area contributed by atoms with Crippen LogP contribution >= 0.6 is 11.6 Å². The average Bonchev–Trinajstić information content (AvgIpc) is 2.60. The Balaban J connectivity index is 1.84. The molecule has 0 N–H and O–H groups in total. The topological polar surface area (TPSA) is 37.4 Å². The van der Waals surface area contributed by atoms with Crippen molar-refractivity contribution in [1.29, 1.82) is 0 Å². The lowest BCUT2D eigenvalue weighted by Crippen LogP contribution is -2.40. The van der Waals surface area contributed by atoms with Gasteiger partial charge in [0.15, 0.2) is 5.78 Å². The highest BCUT2D eigenvalue weighted by Crippen LogP contribution is 2.33. The summed E-state index contributed by atoms with van der Waals surface area (Å²) in [7, 11) is 0. The van der Waals surface area contributed by atoms with Crippen LogP contribution in [0, 0.1) is 5.92 Å². The number of amides is 1. The highest BCUT2D eigenvalue weighted by atomic mass is 35.5. The Hall–Kier alpha value is -1.35. The molecule has 0 bridgehead atoms. The lowest BCUT2D eigenvalue weighted by molar-refractivity contribution is -0.123. The fourth-order valence-electron chi connectivity index (χ4n) is 3.78. The second-order valence-corrected chi connectivity index (χ2v) is 7.41. The Labute approximate surface area is 143 Å². The summed E-state index contributed by atoms with van der Waals surface area (Å²) in [4.78, 5) is 26.9. The van der Waals surface area contributed by atoms with Gasteiger partial charge in [-0.3, -0.25) is 9.59 Å². The third-order valence-corrected chi connectivity index (χ3v) is 5.26. The zero-order valence-electron chi connectivity index (χ0n) is 13.7. The number of nitrogens with zero attached hydrogens (tertiary/aromatic N) is 1. The zero-order chi connectivity index (χ0) is 16.4. The van der Waals surface area contributed by atoms with Gasteiger partial charge in [0.25, 0.3) is 0 Å². The first-order valence-electron chi connectivity index (χ1n) is 8.70. The van der Waals surface area contributed by atoms with Gasteiger partial charge in [-0.05, 0) is 56.4 Å². The van der Waals surface area contributed by atoms with Crippen LogP contribution in [0.5, 0.6) is 0 Å². The Kier molecular flexibility index (Phi) is 5.05. The van der Waals surface area contributed by atoms with Crippen molar-refractivity contribution in [3.8, 4) is 0 Å². The largest absolute Gasteiger partial charge is 0.312 e. The first-order chi connectivity index (χ1) is 11.1. The van der Waals surface area contributed by atoms with E-state index in [0.29, 0.717) is 5.56 Å². The van der Waals surface area contributed by atoms with Gasteiger partial charge < -0.3 is 4.90 Å². The summed E-state index contributed by atoms with van der Waals surface area (Å²) in [5.41, 5.74) is 2.74. The van der Waals surface area contributed by atoms with E-state index >= 15 is 0 Å². The summed E-state index contributed by atoms with van der Waals surface area (Å²) >= 11 is 5.91. The first-order valence-corrected chi connectivity index (χ1v) is 9.14. The molecule has 1 atom stereocenters. The van der Waals surface area contributed by atoms with Crippen LogP contribution in [0.1, 0.15) is 61.4 Å². The van der Waals surface area contributed by atoms with Crippen molar-refractivity contribution < 1.29 is 9.59 Å². The highest BCUT2D eigenvalue weighted by Gasteiger charge is 2.30. The third kappa shape index (κ3) is 3.45. The number of ketones is 1. The number of hydrogen-bond donors (Lipinski definition) is 0. The molecule has 3 nitrogen and oxygen atoms in total. The van der Waals surface area contributed by atoms with Crippen LogP contribution < -0.4 is 4.90 Å². The van der Waals surface area contributed by atoms with Crippen LogP contribution in [0.3, 0.4) is 0 Å². The molecular weight excluding hydrogens is 310 g/mol. The van der Waals surface area contributed by atoms with Gasteiger partial charge >= 0.3 is 0 Å². The van der Waals surface area contributed by atoms with Crippen molar-refractivity contribution in [1.82, 2.24) is 0 Å². The number of Topliss-reactive ketones (excluding diaryl/α,β-unsaturated/α-hetero) is 1. The van der Waals surface area contributed by atoms with E-state index in [1.54, 1.807) is 6.92 Å². The van der Waals surface area contributed by atoms with Gasteiger partial charge in [0.05, 0.1) is 5.38 Å². The monoisotopic (exact) mass is 333 g/mol. The number of halogens is 1. The molecule has 1 aromatic rings. The number of alkyl halides is 1. The molecule has 4 heteroatoms. The minimum Gasteiger partial charge on any atom is -0.312 e. The van der Waals surface area contributed by atoms with Crippen molar-refractivity contribution in [2.24, 2.45) is 5.92 Å². The molecule has 1 aliphatic heterocycles. The van der Waals surface area contributed by atoms with Crippen LogP contribution in [0.2, 0.25) is 0 Å². The van der Waals surface area contributed by atoms with Gasteiger partial charge in [-0.1, -0.05) is 19.3 Å². The number of benzene rings is 1. The summed E-state index contributed by atoms with van der Waals surface area (Å²) in [6, 6.07) is 5.67. The minimum atomic E-state index is -0.517. The predicted octanol–water partition coefficient (Wildman–Crippen LogP) is 4.36. The molecule has 0 spiro atoms. The van der Waals surface area contributed by atoms with Gasteiger partial charge in [-0.15, -0.1) is 11.6 Å². The van der Waals surface area contributed by atoms with E-state index in [4.69, 9.17) is 11.6 Å². The molecule has 2 aliphatic rings. The molecule has 1 saturated carbocycles. The summed E-state index contributed by atoms with van der Waals surface area (Å²) in [6.45, 7) is 2.49. The van der Waals surface area contributed by atoms with E-state index in [9.17, 15) is 9.59 Å². The van der Waals surface area contributed by atoms with E-state index in [-0.39, 0.29) is 17.6 Å². The molecule has 3 rings (SSSR count). The fourth-order valence-corrected chi connectivity index (χ4v) is 3.90. The summed E-state index contributed by atoms with van der Waals surface area (Å²) in [5, 5.41) is -0.517. The van der Waals surface area contributed by atoms with E-state index < -0.39 is 5.38 Å². The number of fused-ring (bicyclic) bond motifs is 1.